The Balaban J connectivity index is 1.27. The molecule has 2 aliphatic heterocycles. The first-order valence-corrected chi connectivity index (χ1v) is 10.1. The van der Waals surface area contributed by atoms with Gasteiger partial charge in [0.05, 0.1) is 11.6 Å². The lowest BCUT2D eigenvalue weighted by Gasteiger charge is -2.23. The molecule has 2 saturated heterocycles. The van der Waals surface area contributed by atoms with Crippen molar-refractivity contribution in [1.29, 1.82) is 0 Å². The molecule has 2 aliphatic rings. The fraction of sp³-hybridized carbons (Fsp3) is 0.364. The summed E-state index contributed by atoms with van der Waals surface area (Å²) in [5, 5.41) is 4.21. The molecule has 0 aliphatic carbocycles. The minimum atomic E-state index is -0.428. The molecule has 29 heavy (non-hydrogen) atoms. The summed E-state index contributed by atoms with van der Waals surface area (Å²) in [4.78, 5) is 34.3. The third kappa shape index (κ3) is 3.06. The highest BCUT2D eigenvalue weighted by atomic mass is 16.2. The number of fused-ring (bicyclic) bond motifs is 1. The number of benzene rings is 1. The molecule has 1 aromatic carbocycles. The van der Waals surface area contributed by atoms with E-state index in [9.17, 15) is 9.59 Å². The standard InChI is InChI=1S/C22H23N5O2/c28-20(18-15-24-27-11-4-10-23-19(18)27)26-14-9-22(16-26)8-13-25(21(22)29)12-7-17-5-2-1-3-6-17/h1-6,10-11,15H,7-9,12-14,16H2. The second-order valence-electron chi connectivity index (χ2n) is 7.98. The Morgan fingerprint density at radius 1 is 1.10 bits per heavy atom. The lowest BCUT2D eigenvalue weighted by Crippen LogP contribution is -2.39. The highest BCUT2D eigenvalue weighted by Crippen LogP contribution is 2.41. The fourth-order valence-corrected chi connectivity index (χ4v) is 4.59. The smallest absolute Gasteiger partial charge is 0.259 e. The number of carbonyl (C=O) groups is 2. The molecule has 4 heterocycles. The third-order valence-electron chi connectivity index (χ3n) is 6.27. The summed E-state index contributed by atoms with van der Waals surface area (Å²) in [6.07, 6.45) is 7.40. The molecular weight excluding hydrogens is 366 g/mol. The SMILES string of the molecule is O=C(c1cnn2cccnc12)N1CCC2(CCN(CCc3ccccc3)C2=O)C1. The van der Waals surface area contributed by atoms with E-state index in [1.165, 1.54) is 5.56 Å². The topological polar surface area (TPSA) is 70.8 Å². The number of hydrogen-bond acceptors (Lipinski definition) is 4. The third-order valence-corrected chi connectivity index (χ3v) is 6.27. The molecule has 5 rings (SSSR count). The van der Waals surface area contributed by atoms with Gasteiger partial charge in [-0.25, -0.2) is 9.50 Å². The maximum atomic E-state index is 13.2. The van der Waals surface area contributed by atoms with E-state index in [1.807, 2.05) is 23.1 Å². The summed E-state index contributed by atoms with van der Waals surface area (Å²) in [6.45, 7) is 2.58. The molecule has 0 saturated carbocycles. The number of amides is 2. The monoisotopic (exact) mass is 389 g/mol. The zero-order valence-corrected chi connectivity index (χ0v) is 16.2. The Labute approximate surface area is 168 Å². The van der Waals surface area contributed by atoms with Gasteiger partial charge in [0.2, 0.25) is 5.91 Å². The summed E-state index contributed by atoms with van der Waals surface area (Å²) in [7, 11) is 0. The molecule has 148 valence electrons. The number of likely N-dealkylation sites (tertiary alicyclic amines) is 2. The van der Waals surface area contributed by atoms with Crippen LogP contribution in [-0.4, -0.2) is 62.4 Å². The maximum absolute atomic E-state index is 13.2. The lowest BCUT2D eigenvalue weighted by molar-refractivity contribution is -0.135. The first-order chi connectivity index (χ1) is 14.2. The van der Waals surface area contributed by atoms with E-state index in [4.69, 9.17) is 0 Å². The van der Waals surface area contributed by atoms with Gasteiger partial charge in [-0.2, -0.15) is 5.10 Å². The average Bonchev–Trinajstić information content (AvgIpc) is 3.46. The number of hydrogen-bond donors (Lipinski definition) is 0. The first kappa shape index (κ1) is 17.8. The molecule has 1 atom stereocenters. The largest absolute Gasteiger partial charge is 0.342 e. The summed E-state index contributed by atoms with van der Waals surface area (Å²) in [5.74, 6) is 0.104. The molecule has 2 aromatic heterocycles. The van der Waals surface area contributed by atoms with Crippen molar-refractivity contribution in [3.63, 3.8) is 0 Å². The summed E-state index contributed by atoms with van der Waals surface area (Å²) >= 11 is 0. The molecule has 1 spiro atoms. The quantitative estimate of drug-likeness (QED) is 0.685. The number of rotatable bonds is 4. The summed E-state index contributed by atoms with van der Waals surface area (Å²) < 4.78 is 1.60. The van der Waals surface area contributed by atoms with Gasteiger partial charge in [0.1, 0.15) is 5.56 Å². The van der Waals surface area contributed by atoms with E-state index in [0.29, 0.717) is 24.3 Å². The maximum Gasteiger partial charge on any atom is 0.259 e. The van der Waals surface area contributed by atoms with Gasteiger partial charge in [0.15, 0.2) is 5.65 Å². The van der Waals surface area contributed by atoms with Crippen LogP contribution in [0.3, 0.4) is 0 Å². The number of carbonyl (C=O) groups excluding carboxylic acids is 2. The Hall–Kier alpha value is -3.22. The molecule has 0 radical (unpaired) electrons. The molecule has 0 N–H and O–H groups in total. The van der Waals surface area contributed by atoms with Crippen LogP contribution in [0.2, 0.25) is 0 Å². The van der Waals surface area contributed by atoms with Crippen molar-refractivity contribution in [2.45, 2.75) is 19.3 Å². The molecule has 2 fully saturated rings. The minimum absolute atomic E-state index is 0.0916. The van der Waals surface area contributed by atoms with E-state index >= 15 is 0 Å². The van der Waals surface area contributed by atoms with Gasteiger partial charge in [0, 0.05) is 38.6 Å². The zero-order chi connectivity index (χ0) is 19.8. The van der Waals surface area contributed by atoms with Crippen molar-refractivity contribution >= 4 is 17.5 Å². The van der Waals surface area contributed by atoms with Crippen LogP contribution in [0.1, 0.15) is 28.8 Å². The molecule has 2 amide bonds. The van der Waals surface area contributed by atoms with Crippen LogP contribution in [0, 0.1) is 5.41 Å². The van der Waals surface area contributed by atoms with Crippen LogP contribution < -0.4 is 0 Å². The van der Waals surface area contributed by atoms with Gasteiger partial charge in [-0.05, 0) is 30.9 Å². The van der Waals surface area contributed by atoms with Crippen LogP contribution >= 0.6 is 0 Å². The van der Waals surface area contributed by atoms with Crippen molar-refractivity contribution in [3.05, 3.63) is 66.1 Å². The second-order valence-corrected chi connectivity index (χ2v) is 7.98. The molecular formula is C22H23N5O2. The van der Waals surface area contributed by atoms with E-state index in [-0.39, 0.29) is 11.8 Å². The zero-order valence-electron chi connectivity index (χ0n) is 16.2. The summed E-state index contributed by atoms with van der Waals surface area (Å²) in [6, 6.07) is 12.0. The van der Waals surface area contributed by atoms with Crippen LogP contribution in [0.4, 0.5) is 0 Å². The fourth-order valence-electron chi connectivity index (χ4n) is 4.59. The molecule has 1 unspecified atom stereocenters. The number of aromatic nitrogens is 3. The molecule has 7 heteroatoms. The van der Waals surface area contributed by atoms with E-state index in [1.54, 1.807) is 34.1 Å². The van der Waals surface area contributed by atoms with Gasteiger partial charge in [-0.15, -0.1) is 0 Å². The van der Waals surface area contributed by atoms with Crippen LogP contribution in [-0.2, 0) is 11.2 Å². The van der Waals surface area contributed by atoms with Crippen LogP contribution in [0.5, 0.6) is 0 Å². The Morgan fingerprint density at radius 3 is 2.79 bits per heavy atom. The highest BCUT2D eigenvalue weighted by molar-refractivity contribution is 6.00. The summed E-state index contributed by atoms with van der Waals surface area (Å²) in [5.41, 5.74) is 1.86. The van der Waals surface area contributed by atoms with Gasteiger partial charge in [-0.3, -0.25) is 9.59 Å². The van der Waals surface area contributed by atoms with Crippen molar-refractivity contribution in [3.8, 4) is 0 Å². The van der Waals surface area contributed by atoms with Crippen molar-refractivity contribution in [2.75, 3.05) is 26.2 Å². The van der Waals surface area contributed by atoms with Gasteiger partial charge in [0.25, 0.3) is 5.91 Å². The normalized spacial score (nSPS) is 21.6. The van der Waals surface area contributed by atoms with Gasteiger partial charge < -0.3 is 9.80 Å². The Kier molecular flexibility index (Phi) is 4.30. The molecule has 0 bridgehead atoms. The first-order valence-electron chi connectivity index (χ1n) is 10.1. The Bertz CT molecular complexity index is 1060. The minimum Gasteiger partial charge on any atom is -0.342 e. The van der Waals surface area contributed by atoms with Crippen LogP contribution in [0.15, 0.2) is 55.0 Å². The number of nitrogens with zero attached hydrogens (tertiary/aromatic N) is 5. The Morgan fingerprint density at radius 2 is 1.93 bits per heavy atom. The van der Waals surface area contributed by atoms with Crippen molar-refractivity contribution in [2.24, 2.45) is 5.41 Å². The predicted molar refractivity (Wildman–Crippen MR) is 107 cm³/mol. The van der Waals surface area contributed by atoms with Crippen molar-refractivity contribution < 1.29 is 9.59 Å². The van der Waals surface area contributed by atoms with Gasteiger partial charge in [-0.1, -0.05) is 30.3 Å². The lowest BCUT2D eigenvalue weighted by atomic mass is 9.85. The van der Waals surface area contributed by atoms with Gasteiger partial charge >= 0.3 is 0 Å². The van der Waals surface area contributed by atoms with E-state index < -0.39 is 5.41 Å². The van der Waals surface area contributed by atoms with E-state index in [0.717, 1.165) is 32.4 Å². The highest BCUT2D eigenvalue weighted by Gasteiger charge is 2.51. The molecule has 3 aromatic rings. The average molecular weight is 389 g/mol. The predicted octanol–water partition coefficient (Wildman–Crippen LogP) is 2.04. The van der Waals surface area contributed by atoms with E-state index in [2.05, 4.69) is 22.2 Å². The van der Waals surface area contributed by atoms with Crippen LogP contribution in [0.25, 0.3) is 5.65 Å². The van der Waals surface area contributed by atoms with Crippen molar-refractivity contribution in [1.82, 2.24) is 24.4 Å². The second kappa shape index (κ2) is 6.99. The molecule has 7 nitrogen and oxygen atoms in total.